The minimum absolute atomic E-state index is 0.0503. The van der Waals surface area contributed by atoms with Crippen LogP contribution in [0.2, 0.25) is 0 Å². The van der Waals surface area contributed by atoms with E-state index in [0.29, 0.717) is 5.56 Å². The summed E-state index contributed by atoms with van der Waals surface area (Å²) in [5.41, 5.74) is 1.25. The standard InChI is InChI=1S/C14H18O3/c1-9-6-5-7-10(13(16)17)11(9)8-12(15)14(2,3)4/h5-7H,8H2,1-4H3,(H,16,17). The first-order valence-electron chi connectivity index (χ1n) is 5.58. The molecule has 0 aliphatic heterocycles. The van der Waals surface area contributed by atoms with Crippen molar-refractivity contribution in [3.63, 3.8) is 0 Å². The minimum atomic E-state index is -0.981. The molecular weight excluding hydrogens is 216 g/mol. The summed E-state index contributed by atoms with van der Waals surface area (Å²) in [6, 6.07) is 5.07. The molecular formula is C14H18O3. The quantitative estimate of drug-likeness (QED) is 0.874. The van der Waals surface area contributed by atoms with Gasteiger partial charge in [0.25, 0.3) is 0 Å². The van der Waals surface area contributed by atoms with E-state index in [1.54, 1.807) is 12.1 Å². The van der Waals surface area contributed by atoms with Crippen LogP contribution in [0, 0.1) is 12.3 Å². The Morgan fingerprint density at radius 1 is 1.24 bits per heavy atom. The molecule has 1 aromatic rings. The molecule has 92 valence electrons. The number of ketones is 1. The van der Waals surface area contributed by atoms with Gasteiger partial charge in [-0.25, -0.2) is 4.79 Å². The molecule has 0 bridgehead atoms. The van der Waals surface area contributed by atoms with E-state index >= 15 is 0 Å². The summed E-state index contributed by atoms with van der Waals surface area (Å²) in [6.45, 7) is 7.36. The van der Waals surface area contributed by atoms with Crippen molar-refractivity contribution in [2.75, 3.05) is 0 Å². The lowest BCUT2D eigenvalue weighted by molar-refractivity contribution is -0.125. The van der Waals surface area contributed by atoms with Gasteiger partial charge in [0, 0.05) is 11.8 Å². The van der Waals surface area contributed by atoms with Gasteiger partial charge in [-0.2, -0.15) is 0 Å². The van der Waals surface area contributed by atoms with Crippen LogP contribution in [0.4, 0.5) is 0 Å². The van der Waals surface area contributed by atoms with Crippen LogP contribution in [0.3, 0.4) is 0 Å². The van der Waals surface area contributed by atoms with E-state index in [2.05, 4.69) is 0 Å². The maximum absolute atomic E-state index is 12.0. The molecule has 0 fully saturated rings. The smallest absolute Gasteiger partial charge is 0.335 e. The number of Topliss-reactive ketones (excluding diaryl/α,β-unsaturated/α-hetero) is 1. The highest BCUT2D eigenvalue weighted by Gasteiger charge is 2.24. The third-order valence-corrected chi connectivity index (χ3v) is 2.81. The number of carbonyl (C=O) groups excluding carboxylic acids is 1. The topological polar surface area (TPSA) is 54.4 Å². The Bertz CT molecular complexity index is 453. The molecule has 0 aliphatic carbocycles. The molecule has 0 atom stereocenters. The van der Waals surface area contributed by atoms with Gasteiger partial charge in [0.1, 0.15) is 5.78 Å². The molecule has 0 aromatic heterocycles. The molecule has 1 aromatic carbocycles. The summed E-state index contributed by atoms with van der Waals surface area (Å²) in [5.74, 6) is -0.931. The van der Waals surface area contributed by atoms with Crippen LogP contribution in [0.15, 0.2) is 18.2 Å². The summed E-state index contributed by atoms with van der Waals surface area (Å²) < 4.78 is 0. The second-order valence-electron chi connectivity index (χ2n) is 5.26. The van der Waals surface area contributed by atoms with Gasteiger partial charge in [-0.1, -0.05) is 32.9 Å². The van der Waals surface area contributed by atoms with Crippen LogP contribution in [-0.4, -0.2) is 16.9 Å². The number of aromatic carboxylic acids is 1. The maximum Gasteiger partial charge on any atom is 0.335 e. The Kier molecular flexibility index (Phi) is 3.71. The molecule has 0 aliphatic rings. The average Bonchev–Trinajstić information content (AvgIpc) is 2.18. The number of benzene rings is 1. The zero-order valence-corrected chi connectivity index (χ0v) is 10.7. The van der Waals surface area contributed by atoms with Crippen molar-refractivity contribution in [2.24, 2.45) is 5.41 Å². The molecule has 0 saturated carbocycles. The normalized spacial score (nSPS) is 11.3. The molecule has 0 radical (unpaired) electrons. The van der Waals surface area contributed by atoms with E-state index in [1.807, 2.05) is 33.8 Å². The lowest BCUT2D eigenvalue weighted by atomic mass is 9.85. The Balaban J connectivity index is 3.14. The van der Waals surface area contributed by atoms with Crippen LogP contribution in [0.5, 0.6) is 0 Å². The van der Waals surface area contributed by atoms with Crippen LogP contribution >= 0.6 is 0 Å². The molecule has 0 amide bonds. The highest BCUT2D eigenvalue weighted by Crippen LogP contribution is 2.22. The van der Waals surface area contributed by atoms with Crippen LogP contribution in [0.1, 0.15) is 42.3 Å². The average molecular weight is 234 g/mol. The highest BCUT2D eigenvalue weighted by atomic mass is 16.4. The largest absolute Gasteiger partial charge is 0.478 e. The summed E-state index contributed by atoms with van der Waals surface area (Å²) >= 11 is 0. The third-order valence-electron chi connectivity index (χ3n) is 2.81. The molecule has 3 heteroatoms. The predicted octanol–water partition coefficient (Wildman–Crippen LogP) is 2.85. The first-order valence-corrected chi connectivity index (χ1v) is 5.58. The fraction of sp³-hybridized carbons (Fsp3) is 0.429. The lowest BCUT2D eigenvalue weighted by Crippen LogP contribution is -2.23. The van der Waals surface area contributed by atoms with E-state index in [4.69, 9.17) is 5.11 Å². The van der Waals surface area contributed by atoms with Gasteiger partial charge in [-0.05, 0) is 24.1 Å². The molecule has 0 heterocycles. The molecule has 17 heavy (non-hydrogen) atoms. The van der Waals surface area contributed by atoms with E-state index in [0.717, 1.165) is 5.56 Å². The number of aryl methyl sites for hydroxylation is 1. The van der Waals surface area contributed by atoms with Gasteiger partial charge < -0.3 is 5.11 Å². The molecule has 3 nitrogen and oxygen atoms in total. The fourth-order valence-electron chi connectivity index (χ4n) is 1.56. The van der Waals surface area contributed by atoms with Gasteiger partial charge in [0.15, 0.2) is 0 Å². The van der Waals surface area contributed by atoms with Gasteiger partial charge in [-0.15, -0.1) is 0 Å². The number of hydrogen-bond donors (Lipinski definition) is 1. The highest BCUT2D eigenvalue weighted by molar-refractivity contribution is 5.93. The van der Waals surface area contributed by atoms with E-state index in [9.17, 15) is 9.59 Å². The molecule has 1 N–H and O–H groups in total. The Labute approximate surface area is 101 Å². The van der Waals surface area contributed by atoms with Crippen molar-refractivity contribution < 1.29 is 14.7 Å². The Morgan fingerprint density at radius 2 is 1.82 bits per heavy atom. The first kappa shape index (κ1) is 13.4. The SMILES string of the molecule is Cc1cccc(C(=O)O)c1CC(=O)C(C)(C)C. The van der Waals surface area contributed by atoms with Crippen molar-refractivity contribution in [1.82, 2.24) is 0 Å². The van der Waals surface area contributed by atoms with Gasteiger partial charge in [0.05, 0.1) is 5.56 Å². The number of hydrogen-bond acceptors (Lipinski definition) is 2. The number of carboxylic acids is 1. The molecule has 0 saturated heterocycles. The third kappa shape index (κ3) is 3.16. The summed E-state index contributed by atoms with van der Waals surface area (Å²) in [5, 5.41) is 9.09. The van der Waals surface area contributed by atoms with Crippen molar-refractivity contribution in [1.29, 1.82) is 0 Å². The van der Waals surface area contributed by atoms with Gasteiger partial charge >= 0.3 is 5.97 Å². The first-order chi connectivity index (χ1) is 7.73. The predicted molar refractivity (Wildman–Crippen MR) is 66.3 cm³/mol. The van der Waals surface area contributed by atoms with Crippen molar-refractivity contribution >= 4 is 11.8 Å². The fourth-order valence-corrected chi connectivity index (χ4v) is 1.56. The monoisotopic (exact) mass is 234 g/mol. The zero-order valence-electron chi connectivity index (χ0n) is 10.7. The van der Waals surface area contributed by atoms with E-state index in [-0.39, 0.29) is 17.8 Å². The molecule has 0 spiro atoms. The summed E-state index contributed by atoms with van der Waals surface area (Å²) in [7, 11) is 0. The van der Waals surface area contributed by atoms with E-state index in [1.165, 1.54) is 0 Å². The number of rotatable bonds is 3. The molecule has 1 rings (SSSR count). The maximum atomic E-state index is 12.0. The summed E-state index contributed by atoms with van der Waals surface area (Å²) in [6.07, 6.45) is 0.178. The second-order valence-corrected chi connectivity index (χ2v) is 5.26. The van der Waals surface area contributed by atoms with Crippen molar-refractivity contribution in [2.45, 2.75) is 34.1 Å². The number of carboxylic acid groups (broad SMARTS) is 1. The summed E-state index contributed by atoms with van der Waals surface area (Å²) in [4.78, 5) is 23.1. The molecule has 0 unspecified atom stereocenters. The van der Waals surface area contributed by atoms with E-state index < -0.39 is 11.4 Å². The number of carbonyl (C=O) groups is 2. The van der Waals surface area contributed by atoms with Gasteiger partial charge in [0.2, 0.25) is 0 Å². The Morgan fingerprint density at radius 3 is 2.29 bits per heavy atom. The second kappa shape index (κ2) is 4.70. The lowest BCUT2D eigenvalue weighted by Gasteiger charge is -2.18. The minimum Gasteiger partial charge on any atom is -0.478 e. The van der Waals surface area contributed by atoms with Crippen molar-refractivity contribution in [3.05, 3.63) is 34.9 Å². The zero-order chi connectivity index (χ0) is 13.2. The van der Waals surface area contributed by atoms with Crippen LogP contribution in [0.25, 0.3) is 0 Å². The van der Waals surface area contributed by atoms with Crippen molar-refractivity contribution in [3.8, 4) is 0 Å². The van der Waals surface area contributed by atoms with Crippen LogP contribution < -0.4 is 0 Å². The van der Waals surface area contributed by atoms with Crippen LogP contribution in [-0.2, 0) is 11.2 Å². The Hall–Kier alpha value is -1.64. The van der Waals surface area contributed by atoms with Gasteiger partial charge in [-0.3, -0.25) is 4.79 Å².